The van der Waals surface area contributed by atoms with Crippen LogP contribution in [-0.4, -0.2) is 43.7 Å². The zero-order valence-corrected chi connectivity index (χ0v) is 19.3. The van der Waals surface area contributed by atoms with E-state index in [4.69, 9.17) is 0 Å². The molecule has 2 amide bonds. The largest absolute Gasteiger partial charge is 0.352 e. The maximum absolute atomic E-state index is 13.3. The lowest BCUT2D eigenvalue weighted by molar-refractivity contribution is -0.126. The maximum atomic E-state index is 13.3. The molecule has 0 aromatic heterocycles. The number of piperidine rings is 1. The van der Waals surface area contributed by atoms with Crippen molar-refractivity contribution >= 4 is 27.5 Å². The molecule has 4 rings (SSSR count). The van der Waals surface area contributed by atoms with Crippen molar-refractivity contribution in [2.75, 3.05) is 18.0 Å². The zero-order chi connectivity index (χ0) is 22.9. The summed E-state index contributed by atoms with van der Waals surface area (Å²) >= 11 is 0. The highest BCUT2D eigenvalue weighted by molar-refractivity contribution is 7.89. The summed E-state index contributed by atoms with van der Waals surface area (Å²) in [6.45, 7) is 4.48. The van der Waals surface area contributed by atoms with Crippen molar-refractivity contribution in [3.05, 3.63) is 59.7 Å². The molecular weight excluding hydrogens is 426 g/mol. The van der Waals surface area contributed by atoms with E-state index in [-0.39, 0.29) is 35.2 Å². The summed E-state index contributed by atoms with van der Waals surface area (Å²) in [4.78, 5) is 26.6. The molecule has 8 heteroatoms. The molecule has 1 N–H and O–H groups in total. The van der Waals surface area contributed by atoms with Crippen LogP contribution in [0.1, 0.15) is 37.8 Å². The fourth-order valence-electron chi connectivity index (χ4n) is 4.70. The molecule has 1 fully saturated rings. The van der Waals surface area contributed by atoms with Gasteiger partial charge in [-0.1, -0.05) is 30.3 Å². The van der Waals surface area contributed by atoms with Crippen LogP contribution in [0.4, 0.5) is 5.69 Å². The van der Waals surface area contributed by atoms with Crippen LogP contribution in [0.2, 0.25) is 0 Å². The zero-order valence-electron chi connectivity index (χ0n) is 18.5. The number of hydrogen-bond donors (Lipinski definition) is 1. The predicted octanol–water partition coefficient (Wildman–Crippen LogP) is 2.70. The number of benzene rings is 2. The third-order valence-corrected chi connectivity index (χ3v) is 8.17. The van der Waals surface area contributed by atoms with Gasteiger partial charge in [-0.15, -0.1) is 0 Å². The minimum absolute atomic E-state index is 0.00753. The second-order valence-electron chi connectivity index (χ2n) is 8.64. The molecule has 170 valence electrons. The molecule has 0 radical (unpaired) electrons. The van der Waals surface area contributed by atoms with E-state index in [1.807, 2.05) is 37.3 Å². The van der Waals surface area contributed by atoms with Crippen LogP contribution in [0.3, 0.4) is 0 Å². The van der Waals surface area contributed by atoms with Crippen molar-refractivity contribution in [2.24, 2.45) is 5.92 Å². The van der Waals surface area contributed by atoms with E-state index < -0.39 is 10.0 Å². The molecule has 1 saturated heterocycles. The summed E-state index contributed by atoms with van der Waals surface area (Å²) in [7, 11) is -3.72. The van der Waals surface area contributed by atoms with Crippen LogP contribution in [0.5, 0.6) is 0 Å². The van der Waals surface area contributed by atoms with Gasteiger partial charge in [-0.05, 0) is 55.5 Å². The lowest BCUT2D eigenvalue weighted by Crippen LogP contribution is -2.45. The Balaban J connectivity index is 1.46. The Morgan fingerprint density at radius 3 is 2.59 bits per heavy atom. The molecular formula is C24H29N3O4S. The van der Waals surface area contributed by atoms with Crippen molar-refractivity contribution in [1.29, 1.82) is 0 Å². The first-order valence-electron chi connectivity index (χ1n) is 11.0. The van der Waals surface area contributed by atoms with Gasteiger partial charge in [0.1, 0.15) is 0 Å². The first-order valence-corrected chi connectivity index (χ1v) is 12.5. The van der Waals surface area contributed by atoms with Crippen molar-refractivity contribution in [1.82, 2.24) is 9.62 Å². The highest BCUT2D eigenvalue weighted by atomic mass is 32.2. The van der Waals surface area contributed by atoms with Gasteiger partial charge in [-0.2, -0.15) is 4.31 Å². The molecule has 0 saturated carbocycles. The molecule has 0 unspecified atom stereocenters. The molecule has 2 aromatic rings. The summed E-state index contributed by atoms with van der Waals surface area (Å²) in [5, 5.41) is 2.94. The Morgan fingerprint density at radius 1 is 1.12 bits per heavy atom. The van der Waals surface area contributed by atoms with Crippen molar-refractivity contribution in [2.45, 2.75) is 50.6 Å². The SMILES string of the molecule is CC(=O)N1c2ccc(S(=O)(=O)N3CCC[C@H](C(=O)NCc4ccccc4)C3)cc2C[C@H]1C. The monoisotopic (exact) mass is 455 g/mol. The van der Waals surface area contributed by atoms with E-state index in [0.717, 1.165) is 16.8 Å². The number of anilines is 1. The van der Waals surface area contributed by atoms with Crippen LogP contribution in [-0.2, 0) is 32.6 Å². The third-order valence-electron chi connectivity index (χ3n) is 6.31. The Labute approximate surface area is 189 Å². The lowest BCUT2D eigenvalue weighted by Gasteiger charge is -2.31. The third kappa shape index (κ3) is 4.42. The smallest absolute Gasteiger partial charge is 0.243 e. The number of carbonyl (C=O) groups is 2. The van der Waals surface area contributed by atoms with Crippen LogP contribution < -0.4 is 10.2 Å². The number of nitrogens with zero attached hydrogens (tertiary/aromatic N) is 2. The van der Waals surface area contributed by atoms with Gasteiger partial charge in [0.05, 0.1) is 10.8 Å². The Hall–Kier alpha value is -2.71. The molecule has 7 nitrogen and oxygen atoms in total. The van der Waals surface area contributed by atoms with E-state index in [1.54, 1.807) is 23.1 Å². The fourth-order valence-corrected chi connectivity index (χ4v) is 6.28. The van der Waals surface area contributed by atoms with Gasteiger partial charge >= 0.3 is 0 Å². The Morgan fingerprint density at radius 2 is 1.88 bits per heavy atom. The standard InChI is InChI=1S/C24H29N3O4S/c1-17-13-21-14-22(10-11-23(21)27(17)18(2)28)32(30,31)26-12-6-9-20(16-26)24(29)25-15-19-7-4-3-5-8-19/h3-5,7-8,10-11,14,17,20H,6,9,12-13,15-16H2,1-2H3,(H,25,29)/t17-,20+/m1/s1. The minimum atomic E-state index is -3.72. The Bertz CT molecular complexity index is 1120. The number of nitrogens with one attached hydrogen (secondary N) is 1. The molecule has 2 heterocycles. The molecule has 0 bridgehead atoms. The highest BCUT2D eigenvalue weighted by Gasteiger charge is 2.35. The van der Waals surface area contributed by atoms with E-state index in [2.05, 4.69) is 5.32 Å². The molecule has 0 spiro atoms. The number of rotatable bonds is 5. The summed E-state index contributed by atoms with van der Waals surface area (Å²) in [5.41, 5.74) is 2.65. The quantitative estimate of drug-likeness (QED) is 0.751. The highest BCUT2D eigenvalue weighted by Crippen LogP contribution is 2.35. The number of sulfonamides is 1. The predicted molar refractivity (Wildman–Crippen MR) is 123 cm³/mol. The van der Waals surface area contributed by atoms with Crippen LogP contribution >= 0.6 is 0 Å². The van der Waals surface area contributed by atoms with Gasteiger partial charge in [-0.3, -0.25) is 9.59 Å². The summed E-state index contributed by atoms with van der Waals surface area (Å²) in [6.07, 6.45) is 1.94. The van der Waals surface area contributed by atoms with Crippen molar-refractivity contribution < 1.29 is 18.0 Å². The summed E-state index contributed by atoms with van der Waals surface area (Å²) < 4.78 is 28.1. The average Bonchev–Trinajstić information content (AvgIpc) is 3.13. The fraction of sp³-hybridized carbons (Fsp3) is 0.417. The second-order valence-corrected chi connectivity index (χ2v) is 10.6. The number of hydrogen-bond acceptors (Lipinski definition) is 4. The van der Waals surface area contributed by atoms with Gasteiger partial charge in [0, 0.05) is 38.3 Å². The lowest BCUT2D eigenvalue weighted by atomic mass is 9.99. The molecule has 2 atom stereocenters. The Kier molecular flexibility index (Phi) is 6.35. The number of carbonyl (C=O) groups excluding carboxylic acids is 2. The second kappa shape index (κ2) is 9.03. The van der Waals surface area contributed by atoms with E-state index in [0.29, 0.717) is 32.4 Å². The first kappa shape index (κ1) is 22.5. The van der Waals surface area contributed by atoms with Gasteiger partial charge in [0.15, 0.2) is 0 Å². The number of fused-ring (bicyclic) bond motifs is 1. The van der Waals surface area contributed by atoms with E-state index in [1.165, 1.54) is 11.2 Å². The number of amides is 2. The molecule has 0 aliphatic carbocycles. The summed E-state index contributed by atoms with van der Waals surface area (Å²) in [5.74, 6) is -0.536. The van der Waals surface area contributed by atoms with E-state index >= 15 is 0 Å². The molecule has 32 heavy (non-hydrogen) atoms. The minimum Gasteiger partial charge on any atom is -0.352 e. The van der Waals surface area contributed by atoms with Gasteiger partial charge in [-0.25, -0.2) is 8.42 Å². The first-order chi connectivity index (χ1) is 15.3. The van der Waals surface area contributed by atoms with Crippen LogP contribution in [0.25, 0.3) is 0 Å². The topological polar surface area (TPSA) is 86.8 Å². The van der Waals surface area contributed by atoms with E-state index in [9.17, 15) is 18.0 Å². The van der Waals surface area contributed by atoms with Crippen molar-refractivity contribution in [3.8, 4) is 0 Å². The maximum Gasteiger partial charge on any atom is 0.243 e. The van der Waals surface area contributed by atoms with Gasteiger partial charge in [0.25, 0.3) is 0 Å². The molecule has 2 aromatic carbocycles. The van der Waals surface area contributed by atoms with Crippen LogP contribution in [0, 0.1) is 5.92 Å². The van der Waals surface area contributed by atoms with Gasteiger partial charge in [0.2, 0.25) is 21.8 Å². The molecule has 2 aliphatic rings. The normalized spacial score (nSPS) is 21.2. The average molecular weight is 456 g/mol. The molecule has 2 aliphatic heterocycles. The van der Waals surface area contributed by atoms with Crippen molar-refractivity contribution in [3.63, 3.8) is 0 Å². The van der Waals surface area contributed by atoms with Crippen LogP contribution in [0.15, 0.2) is 53.4 Å². The van der Waals surface area contributed by atoms with Gasteiger partial charge < -0.3 is 10.2 Å². The summed E-state index contributed by atoms with van der Waals surface area (Å²) in [6, 6.07) is 14.6.